The number of halogens is 2. The number of carbonyl (C=O) groups is 1. The molecule has 0 aliphatic carbocycles. The molecule has 0 aromatic heterocycles. The first kappa shape index (κ1) is 15.9. The minimum Gasteiger partial charge on any atom is -0.481 e. The highest BCUT2D eigenvalue weighted by molar-refractivity contribution is 7.89. The Morgan fingerprint density at radius 2 is 2.05 bits per heavy atom. The molecule has 0 unspecified atom stereocenters. The summed E-state index contributed by atoms with van der Waals surface area (Å²) in [7, 11) is -3.97. The van der Waals surface area contributed by atoms with Crippen molar-refractivity contribution < 1.29 is 22.7 Å². The first-order valence-electron chi connectivity index (χ1n) is 5.24. The lowest BCUT2D eigenvalue weighted by Crippen LogP contribution is -2.44. The largest absolute Gasteiger partial charge is 0.481 e. The van der Waals surface area contributed by atoms with E-state index in [1.165, 1.54) is 13.8 Å². The number of benzene rings is 1. The molecule has 19 heavy (non-hydrogen) atoms. The third-order valence-corrected chi connectivity index (χ3v) is 4.19. The van der Waals surface area contributed by atoms with Crippen molar-refractivity contribution in [2.24, 2.45) is 0 Å². The summed E-state index contributed by atoms with van der Waals surface area (Å²) >= 11 is 5.51. The lowest BCUT2D eigenvalue weighted by molar-refractivity contribution is -0.138. The van der Waals surface area contributed by atoms with Crippen LogP contribution in [0, 0.1) is 5.82 Å². The predicted octanol–water partition coefficient (Wildman–Crippen LogP) is 2.01. The molecule has 0 fully saturated rings. The fourth-order valence-electron chi connectivity index (χ4n) is 1.48. The lowest BCUT2D eigenvalue weighted by Gasteiger charge is -2.23. The maximum atomic E-state index is 13.0. The van der Waals surface area contributed by atoms with Crippen LogP contribution in [0.2, 0.25) is 5.02 Å². The van der Waals surface area contributed by atoms with Gasteiger partial charge in [0.25, 0.3) is 0 Å². The Hall–Kier alpha value is -1.18. The minimum atomic E-state index is -3.97. The second-order valence-electron chi connectivity index (χ2n) is 4.64. The molecule has 2 N–H and O–H groups in total. The summed E-state index contributed by atoms with van der Waals surface area (Å²) in [5.74, 6) is -1.87. The van der Waals surface area contributed by atoms with Crippen molar-refractivity contribution in [2.45, 2.75) is 30.7 Å². The van der Waals surface area contributed by atoms with E-state index in [1.54, 1.807) is 0 Å². The van der Waals surface area contributed by atoms with Crippen LogP contribution in [0.15, 0.2) is 23.1 Å². The van der Waals surface area contributed by atoms with Gasteiger partial charge in [-0.2, -0.15) is 0 Å². The fraction of sp³-hybridized carbons (Fsp3) is 0.364. The van der Waals surface area contributed by atoms with Gasteiger partial charge in [-0.1, -0.05) is 11.6 Å². The molecule has 0 spiro atoms. The smallest absolute Gasteiger partial charge is 0.305 e. The second kappa shape index (κ2) is 5.44. The fourth-order valence-corrected chi connectivity index (χ4v) is 3.16. The molecule has 0 aliphatic rings. The summed E-state index contributed by atoms with van der Waals surface area (Å²) in [5.41, 5.74) is -1.18. The summed E-state index contributed by atoms with van der Waals surface area (Å²) in [6.45, 7) is 2.87. The van der Waals surface area contributed by atoms with E-state index in [9.17, 15) is 17.6 Å². The number of hydrogen-bond acceptors (Lipinski definition) is 3. The van der Waals surface area contributed by atoms with E-state index in [2.05, 4.69) is 4.72 Å². The first-order valence-corrected chi connectivity index (χ1v) is 7.10. The van der Waals surface area contributed by atoms with Gasteiger partial charge >= 0.3 is 5.97 Å². The highest BCUT2D eigenvalue weighted by Crippen LogP contribution is 2.21. The van der Waals surface area contributed by atoms with Crippen LogP contribution in [-0.4, -0.2) is 25.0 Å². The SMILES string of the molecule is CC(C)(CC(=O)O)NS(=O)(=O)c1ccc(F)c(Cl)c1. The Balaban J connectivity index is 3.04. The lowest BCUT2D eigenvalue weighted by atomic mass is 10.0. The Bertz CT molecular complexity index is 601. The van der Waals surface area contributed by atoms with Gasteiger partial charge in [-0.25, -0.2) is 17.5 Å². The molecule has 0 amide bonds. The van der Waals surface area contributed by atoms with Crippen molar-refractivity contribution in [3.05, 3.63) is 29.0 Å². The van der Waals surface area contributed by atoms with E-state index in [-0.39, 0.29) is 16.3 Å². The average Bonchev–Trinajstić information content (AvgIpc) is 2.17. The summed E-state index contributed by atoms with van der Waals surface area (Å²) < 4.78 is 39.2. The predicted molar refractivity (Wildman–Crippen MR) is 68.1 cm³/mol. The van der Waals surface area contributed by atoms with Crippen LogP contribution >= 0.6 is 11.6 Å². The standard InChI is InChI=1S/C11H13ClFNO4S/c1-11(2,6-10(15)16)14-19(17,18)7-3-4-9(13)8(12)5-7/h3-5,14H,6H2,1-2H3,(H,15,16). The normalized spacial score (nSPS) is 12.4. The van der Waals surface area contributed by atoms with Crippen molar-refractivity contribution in [3.63, 3.8) is 0 Å². The van der Waals surface area contributed by atoms with Gasteiger partial charge in [0.2, 0.25) is 10.0 Å². The second-order valence-corrected chi connectivity index (χ2v) is 6.73. The monoisotopic (exact) mass is 309 g/mol. The van der Waals surface area contributed by atoms with E-state index in [0.29, 0.717) is 0 Å². The number of carboxylic acids is 1. The summed E-state index contributed by atoms with van der Waals surface area (Å²) in [6, 6.07) is 2.96. The van der Waals surface area contributed by atoms with Crippen molar-refractivity contribution in [1.29, 1.82) is 0 Å². The Morgan fingerprint density at radius 1 is 1.47 bits per heavy atom. The number of hydrogen-bond donors (Lipinski definition) is 2. The van der Waals surface area contributed by atoms with Crippen LogP contribution in [0.25, 0.3) is 0 Å². The molecule has 8 heteroatoms. The van der Waals surface area contributed by atoms with E-state index in [4.69, 9.17) is 16.7 Å². The molecule has 5 nitrogen and oxygen atoms in total. The molecule has 0 aliphatic heterocycles. The minimum absolute atomic E-state index is 0.225. The molecule has 0 saturated heterocycles. The van der Waals surface area contributed by atoms with Crippen molar-refractivity contribution >= 4 is 27.6 Å². The molecule has 1 aromatic rings. The maximum absolute atomic E-state index is 13.0. The Morgan fingerprint density at radius 3 is 2.53 bits per heavy atom. The third-order valence-electron chi connectivity index (χ3n) is 2.21. The molecule has 106 valence electrons. The number of rotatable bonds is 5. The van der Waals surface area contributed by atoms with Gasteiger partial charge in [0.1, 0.15) is 5.82 Å². The van der Waals surface area contributed by atoms with Crippen LogP contribution in [0.5, 0.6) is 0 Å². The molecule has 0 bridgehead atoms. The van der Waals surface area contributed by atoms with Gasteiger partial charge in [0.15, 0.2) is 0 Å². The summed E-state index contributed by atoms with van der Waals surface area (Å²) in [4.78, 5) is 10.4. The van der Waals surface area contributed by atoms with E-state index >= 15 is 0 Å². The van der Waals surface area contributed by atoms with Gasteiger partial charge in [0, 0.05) is 5.54 Å². The van der Waals surface area contributed by atoms with E-state index in [1.807, 2.05) is 0 Å². The topological polar surface area (TPSA) is 83.5 Å². The van der Waals surface area contributed by atoms with Crippen LogP contribution in [0.1, 0.15) is 20.3 Å². The molecular weight excluding hydrogens is 297 g/mol. The van der Waals surface area contributed by atoms with Gasteiger partial charge < -0.3 is 5.11 Å². The van der Waals surface area contributed by atoms with Crippen LogP contribution < -0.4 is 4.72 Å². The van der Waals surface area contributed by atoms with E-state index < -0.39 is 27.3 Å². The van der Waals surface area contributed by atoms with Crippen molar-refractivity contribution in [3.8, 4) is 0 Å². The van der Waals surface area contributed by atoms with E-state index in [0.717, 1.165) is 18.2 Å². The maximum Gasteiger partial charge on any atom is 0.305 e. The third kappa shape index (κ3) is 4.45. The molecular formula is C11H13ClFNO4S. The highest BCUT2D eigenvalue weighted by Gasteiger charge is 2.28. The molecule has 0 atom stereocenters. The molecule has 0 saturated carbocycles. The van der Waals surface area contributed by atoms with Gasteiger partial charge in [0.05, 0.1) is 16.3 Å². The van der Waals surface area contributed by atoms with Gasteiger partial charge in [-0.05, 0) is 32.0 Å². The highest BCUT2D eigenvalue weighted by atomic mass is 35.5. The van der Waals surface area contributed by atoms with Gasteiger partial charge in [-0.15, -0.1) is 0 Å². The van der Waals surface area contributed by atoms with Gasteiger partial charge in [-0.3, -0.25) is 4.79 Å². The zero-order valence-corrected chi connectivity index (χ0v) is 11.8. The van der Waals surface area contributed by atoms with Crippen LogP contribution in [0.3, 0.4) is 0 Å². The Labute approximate surface area is 115 Å². The number of aliphatic carboxylic acids is 1. The average molecular weight is 310 g/mol. The number of sulfonamides is 1. The molecule has 0 heterocycles. The quantitative estimate of drug-likeness (QED) is 0.871. The molecule has 1 rings (SSSR count). The first-order chi connectivity index (χ1) is 8.53. The molecule has 0 radical (unpaired) electrons. The van der Waals surface area contributed by atoms with Crippen molar-refractivity contribution in [2.75, 3.05) is 0 Å². The number of carboxylic acid groups (broad SMARTS) is 1. The zero-order chi connectivity index (χ0) is 14.8. The molecule has 1 aromatic carbocycles. The summed E-state index contributed by atoms with van der Waals surface area (Å²) in [5, 5.41) is 8.37. The number of nitrogens with one attached hydrogen (secondary N) is 1. The Kier molecular flexibility index (Phi) is 4.54. The van der Waals surface area contributed by atoms with Crippen LogP contribution in [0.4, 0.5) is 4.39 Å². The van der Waals surface area contributed by atoms with Crippen LogP contribution in [-0.2, 0) is 14.8 Å². The summed E-state index contributed by atoms with van der Waals surface area (Å²) in [6.07, 6.45) is -0.388. The van der Waals surface area contributed by atoms with Crippen molar-refractivity contribution in [1.82, 2.24) is 4.72 Å². The zero-order valence-electron chi connectivity index (χ0n) is 10.3.